The average molecular weight is 447 g/mol. The van der Waals surface area contributed by atoms with Crippen LogP contribution in [-0.2, 0) is 32.6 Å². The third-order valence-corrected chi connectivity index (χ3v) is 7.47. The van der Waals surface area contributed by atoms with E-state index in [1.165, 1.54) is 6.07 Å². The number of amides is 2. The Morgan fingerprint density at radius 1 is 1.32 bits per heavy atom. The summed E-state index contributed by atoms with van der Waals surface area (Å²) in [6.07, 6.45) is 3.49. The van der Waals surface area contributed by atoms with Crippen molar-refractivity contribution in [2.45, 2.75) is 43.7 Å². The van der Waals surface area contributed by atoms with Gasteiger partial charge in [0.15, 0.2) is 0 Å². The van der Waals surface area contributed by atoms with Crippen molar-refractivity contribution in [3.05, 3.63) is 41.2 Å². The summed E-state index contributed by atoms with van der Waals surface area (Å²) in [5.41, 5.74) is 8.72. The van der Waals surface area contributed by atoms with Crippen LogP contribution < -0.4 is 15.4 Å². The third kappa shape index (κ3) is 4.08. The summed E-state index contributed by atoms with van der Waals surface area (Å²) in [5.74, 6) is -0.397. The van der Waals surface area contributed by atoms with Crippen LogP contribution >= 0.6 is 0 Å². The fourth-order valence-corrected chi connectivity index (χ4v) is 5.63. The van der Waals surface area contributed by atoms with E-state index in [0.717, 1.165) is 17.7 Å². The minimum absolute atomic E-state index is 0.0238. The van der Waals surface area contributed by atoms with Crippen LogP contribution in [0, 0.1) is 6.92 Å². The number of nitrogens with two attached hydrogens (primary N) is 1. The number of benzene rings is 1. The minimum atomic E-state index is -4.04. The summed E-state index contributed by atoms with van der Waals surface area (Å²) in [7, 11) is -4.04. The van der Waals surface area contributed by atoms with Crippen LogP contribution in [0.3, 0.4) is 0 Å². The smallest absolute Gasteiger partial charge is 0.242 e. The summed E-state index contributed by atoms with van der Waals surface area (Å²) in [6, 6.07) is 3.72. The molecule has 4 rings (SSSR count). The number of carbonyl (C=O) groups is 2. The highest BCUT2D eigenvalue weighted by Crippen LogP contribution is 2.29. The Bertz CT molecular complexity index is 1110. The molecule has 3 heterocycles. The van der Waals surface area contributed by atoms with Gasteiger partial charge in [-0.05, 0) is 31.0 Å². The maximum Gasteiger partial charge on any atom is 0.242 e. The number of hydrogen-bond donors (Lipinski definition) is 3. The van der Waals surface area contributed by atoms with Crippen molar-refractivity contribution in [1.29, 1.82) is 0 Å². The third-order valence-electron chi connectivity index (χ3n) is 5.85. The van der Waals surface area contributed by atoms with E-state index in [2.05, 4.69) is 14.9 Å². The molecule has 4 N–H and O–H groups in total. The molecule has 1 saturated heterocycles. The summed E-state index contributed by atoms with van der Waals surface area (Å²) in [5, 5.41) is 6.90. The zero-order valence-electron chi connectivity index (χ0n) is 17.3. The number of rotatable bonds is 6. The number of aromatic nitrogens is 2. The van der Waals surface area contributed by atoms with Crippen LogP contribution in [0.5, 0.6) is 0 Å². The van der Waals surface area contributed by atoms with E-state index < -0.39 is 16.1 Å². The number of hydrogen-bond acceptors (Lipinski definition) is 6. The number of H-pyrrole nitrogens is 1. The Morgan fingerprint density at radius 3 is 2.84 bits per heavy atom. The van der Waals surface area contributed by atoms with E-state index in [1.807, 2.05) is 0 Å². The first-order valence-corrected chi connectivity index (χ1v) is 11.7. The van der Waals surface area contributed by atoms with Gasteiger partial charge in [-0.15, -0.1) is 0 Å². The molecule has 0 aliphatic carbocycles. The highest BCUT2D eigenvalue weighted by atomic mass is 32.2. The second-order valence-electron chi connectivity index (χ2n) is 7.84. The molecule has 1 atom stereocenters. The highest BCUT2D eigenvalue weighted by Gasteiger charge is 2.32. The van der Waals surface area contributed by atoms with E-state index in [9.17, 15) is 18.0 Å². The van der Waals surface area contributed by atoms with Crippen molar-refractivity contribution in [1.82, 2.24) is 19.8 Å². The fourth-order valence-electron chi connectivity index (χ4n) is 4.17. The zero-order valence-corrected chi connectivity index (χ0v) is 18.1. The molecule has 0 radical (unpaired) electrons. The molecular formula is C20H26N6O4S. The van der Waals surface area contributed by atoms with E-state index >= 15 is 0 Å². The van der Waals surface area contributed by atoms with Gasteiger partial charge in [-0.1, -0.05) is 6.07 Å². The lowest BCUT2D eigenvalue weighted by Crippen LogP contribution is -2.53. The lowest BCUT2D eigenvalue weighted by Gasteiger charge is -2.30. The van der Waals surface area contributed by atoms with Crippen molar-refractivity contribution in [3.8, 4) is 0 Å². The molecular weight excluding hydrogens is 420 g/mol. The van der Waals surface area contributed by atoms with Gasteiger partial charge in [-0.25, -0.2) is 8.42 Å². The largest absolute Gasteiger partial charge is 0.336 e. The van der Waals surface area contributed by atoms with E-state index in [1.54, 1.807) is 35.1 Å². The molecule has 166 valence electrons. The number of sulfonamides is 1. The first-order valence-electron chi connectivity index (χ1n) is 10.2. The second-order valence-corrected chi connectivity index (χ2v) is 9.52. The number of aromatic amines is 1. The Hall–Kier alpha value is -2.76. The summed E-state index contributed by atoms with van der Waals surface area (Å²) in [4.78, 5) is 28.4. The van der Waals surface area contributed by atoms with Crippen molar-refractivity contribution < 1.29 is 18.0 Å². The van der Waals surface area contributed by atoms with Gasteiger partial charge < -0.3 is 15.5 Å². The number of nitrogens with one attached hydrogen (secondary N) is 2. The molecule has 31 heavy (non-hydrogen) atoms. The molecule has 1 fully saturated rings. The summed E-state index contributed by atoms with van der Waals surface area (Å²) < 4.78 is 28.8. The molecule has 1 aromatic heterocycles. The van der Waals surface area contributed by atoms with Crippen LogP contribution in [0.2, 0.25) is 0 Å². The Morgan fingerprint density at radius 2 is 2.13 bits per heavy atom. The number of nitrogens with zero attached hydrogens (tertiary/aromatic N) is 3. The van der Waals surface area contributed by atoms with Crippen molar-refractivity contribution in [2.75, 3.05) is 24.5 Å². The van der Waals surface area contributed by atoms with E-state index in [4.69, 9.17) is 5.73 Å². The van der Waals surface area contributed by atoms with Crippen molar-refractivity contribution in [2.24, 2.45) is 5.73 Å². The summed E-state index contributed by atoms with van der Waals surface area (Å²) >= 11 is 0. The average Bonchev–Trinajstić information content (AvgIpc) is 3.39. The molecule has 0 bridgehead atoms. The van der Waals surface area contributed by atoms with Crippen LogP contribution in [0.15, 0.2) is 29.3 Å². The van der Waals surface area contributed by atoms with Gasteiger partial charge in [-0.2, -0.15) is 9.82 Å². The van der Waals surface area contributed by atoms with Gasteiger partial charge in [0, 0.05) is 56.0 Å². The Balaban J connectivity index is 1.55. The first kappa shape index (κ1) is 21.5. The molecule has 0 spiro atoms. The van der Waals surface area contributed by atoms with Crippen LogP contribution in [0.25, 0.3) is 0 Å². The SMILES string of the molecule is Cc1c(N2CCCC2=O)cccc1S(=O)(=O)N[C@@H](CN)C(=O)N1CCc2[nH]ncc2C1. The standard InChI is InChI=1S/C20H26N6O4S/c1-13-17(26-8-3-6-19(26)27)4-2-5-18(13)31(29,30)24-16(10-21)20(28)25-9-7-15-14(12-25)11-22-23-15/h2,4-5,11,16,24H,3,6-10,12,21H2,1H3,(H,22,23)/t16-/m0/s1. The molecule has 10 nitrogen and oxygen atoms in total. The van der Waals surface area contributed by atoms with E-state index in [0.29, 0.717) is 43.7 Å². The fraction of sp³-hybridized carbons (Fsp3) is 0.450. The number of carbonyl (C=O) groups excluding carboxylic acids is 2. The summed E-state index contributed by atoms with van der Waals surface area (Å²) in [6.45, 7) is 2.87. The van der Waals surface area contributed by atoms with Crippen LogP contribution in [-0.4, -0.2) is 61.0 Å². The predicted octanol–water partition coefficient (Wildman–Crippen LogP) is 0.0354. The molecule has 2 aromatic rings. The van der Waals surface area contributed by atoms with Gasteiger partial charge >= 0.3 is 0 Å². The maximum atomic E-state index is 13.2. The molecule has 2 amide bonds. The highest BCUT2D eigenvalue weighted by molar-refractivity contribution is 7.89. The van der Waals surface area contributed by atoms with E-state index in [-0.39, 0.29) is 23.3 Å². The first-order chi connectivity index (χ1) is 14.8. The van der Waals surface area contributed by atoms with Crippen molar-refractivity contribution in [3.63, 3.8) is 0 Å². The Labute approximate surface area is 180 Å². The lowest BCUT2D eigenvalue weighted by atomic mass is 10.1. The number of fused-ring (bicyclic) bond motifs is 1. The van der Waals surface area contributed by atoms with Crippen molar-refractivity contribution >= 4 is 27.5 Å². The van der Waals surface area contributed by atoms with Gasteiger partial charge in [0.1, 0.15) is 6.04 Å². The molecule has 0 unspecified atom stereocenters. The predicted molar refractivity (Wildman–Crippen MR) is 114 cm³/mol. The zero-order chi connectivity index (χ0) is 22.2. The quantitative estimate of drug-likeness (QED) is 0.572. The minimum Gasteiger partial charge on any atom is -0.336 e. The molecule has 11 heteroatoms. The monoisotopic (exact) mass is 446 g/mol. The topological polar surface area (TPSA) is 141 Å². The lowest BCUT2D eigenvalue weighted by molar-refractivity contribution is -0.133. The van der Waals surface area contributed by atoms with Gasteiger partial charge in [0.25, 0.3) is 0 Å². The molecule has 1 aromatic carbocycles. The number of anilines is 1. The Kier molecular flexibility index (Phi) is 5.82. The van der Waals surface area contributed by atoms with Gasteiger partial charge in [0.05, 0.1) is 11.1 Å². The normalized spacial score (nSPS) is 17.7. The van der Waals surface area contributed by atoms with Crippen LogP contribution in [0.4, 0.5) is 5.69 Å². The maximum absolute atomic E-state index is 13.2. The second kappa shape index (κ2) is 8.40. The van der Waals surface area contributed by atoms with Gasteiger partial charge in [0.2, 0.25) is 21.8 Å². The molecule has 2 aliphatic rings. The molecule has 0 saturated carbocycles. The van der Waals surface area contributed by atoms with Crippen LogP contribution in [0.1, 0.15) is 29.7 Å². The van der Waals surface area contributed by atoms with Gasteiger partial charge in [-0.3, -0.25) is 14.7 Å². The molecule has 2 aliphatic heterocycles.